The van der Waals surface area contributed by atoms with Crippen molar-refractivity contribution in [2.45, 2.75) is 19.0 Å². The van der Waals surface area contributed by atoms with Gasteiger partial charge in [0.15, 0.2) is 0 Å². The molecule has 0 radical (unpaired) electrons. The van der Waals surface area contributed by atoms with Gasteiger partial charge < -0.3 is 10.1 Å². The maximum atomic E-state index is 5.36. The molecule has 1 N–H and O–H groups in total. The highest BCUT2D eigenvalue weighted by molar-refractivity contribution is 5.46. The van der Waals surface area contributed by atoms with Gasteiger partial charge in [0.1, 0.15) is 12.7 Å². The largest absolute Gasteiger partial charge is 0.380 e. The molecule has 0 amide bonds. The molecular weight excluding hydrogens is 228 g/mol. The molecule has 1 aromatic heterocycles. The average Bonchev–Trinajstić information content (AvgIpc) is 3.03. The van der Waals surface area contributed by atoms with Crippen molar-refractivity contribution < 1.29 is 4.74 Å². The highest BCUT2D eigenvalue weighted by atomic mass is 16.5. The van der Waals surface area contributed by atoms with E-state index in [0.717, 1.165) is 31.9 Å². The summed E-state index contributed by atoms with van der Waals surface area (Å²) in [4.78, 5) is 3.94. The van der Waals surface area contributed by atoms with Crippen LogP contribution >= 0.6 is 0 Å². The van der Waals surface area contributed by atoms with Gasteiger partial charge in [-0.15, -0.1) is 0 Å². The summed E-state index contributed by atoms with van der Waals surface area (Å²) in [5, 5.41) is 7.60. The van der Waals surface area contributed by atoms with Crippen molar-refractivity contribution >= 4 is 5.69 Å². The lowest BCUT2D eigenvalue weighted by molar-refractivity contribution is 0.195. The van der Waals surface area contributed by atoms with Crippen molar-refractivity contribution in [3.8, 4) is 0 Å². The van der Waals surface area contributed by atoms with E-state index < -0.39 is 0 Å². The Morgan fingerprint density at radius 3 is 3.22 bits per heavy atom. The van der Waals surface area contributed by atoms with Crippen molar-refractivity contribution in [3.05, 3.63) is 42.5 Å². The molecule has 1 aliphatic heterocycles. The van der Waals surface area contributed by atoms with E-state index in [1.165, 1.54) is 5.56 Å². The predicted molar refractivity (Wildman–Crippen MR) is 68.4 cm³/mol. The highest BCUT2D eigenvalue weighted by Crippen LogP contribution is 2.16. The number of ether oxygens (including phenoxy) is 1. The summed E-state index contributed by atoms with van der Waals surface area (Å²) in [7, 11) is 0. The molecule has 2 aromatic rings. The van der Waals surface area contributed by atoms with Gasteiger partial charge in [0.05, 0.1) is 19.2 Å². The molecule has 18 heavy (non-hydrogen) atoms. The molecule has 1 saturated heterocycles. The Balaban J connectivity index is 1.68. The second-order valence-corrected chi connectivity index (χ2v) is 4.50. The van der Waals surface area contributed by atoms with Gasteiger partial charge in [-0.1, -0.05) is 12.1 Å². The number of rotatable bonds is 4. The Morgan fingerprint density at radius 1 is 1.44 bits per heavy atom. The smallest absolute Gasteiger partial charge is 0.137 e. The highest BCUT2D eigenvalue weighted by Gasteiger charge is 2.14. The van der Waals surface area contributed by atoms with Crippen LogP contribution in [0, 0.1) is 0 Å². The summed E-state index contributed by atoms with van der Waals surface area (Å²) in [6.07, 6.45) is 4.36. The molecule has 1 aromatic carbocycles. The van der Waals surface area contributed by atoms with E-state index in [9.17, 15) is 0 Å². The molecule has 5 nitrogen and oxygen atoms in total. The first kappa shape index (κ1) is 11.2. The van der Waals surface area contributed by atoms with Crippen LogP contribution in [0.1, 0.15) is 12.0 Å². The molecule has 0 spiro atoms. The van der Waals surface area contributed by atoms with Gasteiger partial charge in [-0.3, -0.25) is 0 Å². The maximum absolute atomic E-state index is 5.36. The van der Waals surface area contributed by atoms with E-state index in [2.05, 4.69) is 39.7 Å². The van der Waals surface area contributed by atoms with Crippen molar-refractivity contribution in [1.82, 2.24) is 14.8 Å². The van der Waals surface area contributed by atoms with E-state index in [4.69, 9.17) is 4.74 Å². The minimum Gasteiger partial charge on any atom is -0.380 e. The fourth-order valence-corrected chi connectivity index (χ4v) is 2.14. The summed E-state index contributed by atoms with van der Waals surface area (Å²) >= 11 is 0. The summed E-state index contributed by atoms with van der Waals surface area (Å²) < 4.78 is 7.18. The van der Waals surface area contributed by atoms with E-state index >= 15 is 0 Å². The molecule has 3 rings (SSSR count). The molecule has 1 atom stereocenters. The van der Waals surface area contributed by atoms with Gasteiger partial charge >= 0.3 is 0 Å². The summed E-state index contributed by atoms with van der Waals surface area (Å²) in [5.74, 6) is 0. The predicted octanol–water partition coefficient (Wildman–Crippen LogP) is 1.53. The van der Waals surface area contributed by atoms with Gasteiger partial charge in [-0.05, 0) is 24.1 Å². The zero-order chi connectivity index (χ0) is 12.2. The fourth-order valence-electron chi connectivity index (χ4n) is 2.14. The molecule has 0 saturated carbocycles. The Morgan fingerprint density at radius 2 is 2.44 bits per heavy atom. The lowest BCUT2D eigenvalue weighted by Crippen LogP contribution is -2.18. The summed E-state index contributed by atoms with van der Waals surface area (Å²) in [5.41, 5.74) is 2.35. The Kier molecular flexibility index (Phi) is 3.23. The van der Waals surface area contributed by atoms with Gasteiger partial charge in [0.25, 0.3) is 0 Å². The number of benzene rings is 1. The van der Waals surface area contributed by atoms with Crippen LogP contribution in [-0.2, 0) is 11.3 Å². The Labute approximate surface area is 106 Å². The molecule has 1 aliphatic rings. The number of hydrogen-bond acceptors (Lipinski definition) is 4. The lowest BCUT2D eigenvalue weighted by atomic mass is 10.1. The van der Waals surface area contributed by atoms with Gasteiger partial charge in [-0.2, -0.15) is 5.10 Å². The van der Waals surface area contributed by atoms with Crippen LogP contribution in [0.2, 0.25) is 0 Å². The maximum Gasteiger partial charge on any atom is 0.137 e. The fraction of sp³-hybridized carbons (Fsp3) is 0.385. The van der Waals surface area contributed by atoms with Crippen LogP contribution in [-0.4, -0.2) is 34.0 Å². The summed E-state index contributed by atoms with van der Waals surface area (Å²) in [6, 6.07) is 8.83. The van der Waals surface area contributed by atoms with Crippen molar-refractivity contribution in [3.63, 3.8) is 0 Å². The monoisotopic (exact) mass is 244 g/mol. The number of aromatic nitrogens is 3. The quantitative estimate of drug-likeness (QED) is 0.886. The first-order chi connectivity index (χ1) is 8.90. The van der Waals surface area contributed by atoms with Crippen molar-refractivity contribution in [2.75, 3.05) is 18.5 Å². The molecule has 2 heterocycles. The Bertz CT molecular complexity index is 491. The van der Waals surface area contributed by atoms with Gasteiger partial charge in [-0.25, -0.2) is 9.67 Å². The standard InChI is InChI=1S/C13H16N4O/c1-2-11(7-17-10-14-9-15-17)6-12(3-1)16-13-4-5-18-8-13/h1-3,6,9-10,13,16H,4-5,7-8H2. The number of nitrogens with zero attached hydrogens (tertiary/aromatic N) is 3. The van der Waals surface area contributed by atoms with E-state index in [0.29, 0.717) is 6.04 Å². The number of hydrogen-bond donors (Lipinski definition) is 1. The van der Waals surface area contributed by atoms with Crippen molar-refractivity contribution in [1.29, 1.82) is 0 Å². The van der Waals surface area contributed by atoms with E-state index in [-0.39, 0.29) is 0 Å². The van der Waals surface area contributed by atoms with Crippen LogP contribution in [0.15, 0.2) is 36.9 Å². The van der Waals surface area contributed by atoms with Crippen LogP contribution in [0.3, 0.4) is 0 Å². The third kappa shape index (κ3) is 2.68. The van der Waals surface area contributed by atoms with Gasteiger partial charge in [0, 0.05) is 12.3 Å². The molecule has 0 aliphatic carbocycles. The second kappa shape index (κ2) is 5.18. The number of anilines is 1. The summed E-state index contributed by atoms with van der Waals surface area (Å²) in [6.45, 7) is 2.40. The van der Waals surface area contributed by atoms with E-state index in [1.807, 2.05) is 4.68 Å². The molecule has 1 fully saturated rings. The molecule has 0 bridgehead atoms. The van der Waals surface area contributed by atoms with E-state index in [1.54, 1.807) is 12.7 Å². The number of nitrogens with one attached hydrogen (secondary N) is 1. The van der Waals surface area contributed by atoms with Crippen LogP contribution < -0.4 is 5.32 Å². The van der Waals surface area contributed by atoms with Crippen LogP contribution in [0.4, 0.5) is 5.69 Å². The molecule has 1 unspecified atom stereocenters. The molecule has 94 valence electrons. The molecule has 5 heteroatoms. The normalized spacial score (nSPS) is 19.0. The zero-order valence-electron chi connectivity index (χ0n) is 10.1. The minimum atomic E-state index is 0.437. The zero-order valence-corrected chi connectivity index (χ0v) is 10.1. The lowest BCUT2D eigenvalue weighted by Gasteiger charge is -2.13. The Hall–Kier alpha value is -1.88. The SMILES string of the molecule is c1cc(Cn2cncn2)cc(NC2CCOC2)c1. The molecular formula is C13H16N4O. The van der Waals surface area contributed by atoms with Gasteiger partial charge in [0.2, 0.25) is 0 Å². The third-order valence-corrected chi connectivity index (χ3v) is 3.04. The van der Waals surface area contributed by atoms with Crippen LogP contribution in [0.5, 0.6) is 0 Å². The van der Waals surface area contributed by atoms with Crippen LogP contribution in [0.25, 0.3) is 0 Å². The third-order valence-electron chi connectivity index (χ3n) is 3.04. The average molecular weight is 244 g/mol. The van der Waals surface area contributed by atoms with Crippen molar-refractivity contribution in [2.24, 2.45) is 0 Å². The minimum absolute atomic E-state index is 0.437. The second-order valence-electron chi connectivity index (χ2n) is 4.50. The first-order valence-electron chi connectivity index (χ1n) is 6.16. The first-order valence-corrected chi connectivity index (χ1v) is 6.16. The topological polar surface area (TPSA) is 52.0 Å².